The van der Waals surface area contributed by atoms with Gasteiger partial charge in [0.25, 0.3) is 0 Å². The molecule has 128 valence electrons. The summed E-state index contributed by atoms with van der Waals surface area (Å²) < 4.78 is 18.6. The number of nitrogens with zero attached hydrogens (tertiary/aromatic N) is 1. The van der Waals surface area contributed by atoms with Gasteiger partial charge >= 0.3 is 6.03 Å². The first-order chi connectivity index (χ1) is 12.2. The SMILES string of the molecule is O=C(NC1COc2ccccc21)N1CC=C(c2ccc(F)cc2)CC1. The van der Waals surface area contributed by atoms with E-state index in [1.807, 2.05) is 30.3 Å². The van der Waals surface area contributed by atoms with Gasteiger partial charge in [0.2, 0.25) is 0 Å². The van der Waals surface area contributed by atoms with E-state index in [1.54, 1.807) is 17.0 Å². The predicted octanol–water partition coefficient (Wildman–Crippen LogP) is 3.76. The Kier molecular flexibility index (Phi) is 4.14. The number of fused-ring (bicyclic) bond motifs is 1. The summed E-state index contributed by atoms with van der Waals surface area (Å²) in [5, 5.41) is 3.05. The highest BCUT2D eigenvalue weighted by atomic mass is 19.1. The maximum atomic E-state index is 13.0. The zero-order valence-electron chi connectivity index (χ0n) is 13.7. The van der Waals surface area contributed by atoms with E-state index in [0.29, 0.717) is 19.7 Å². The van der Waals surface area contributed by atoms with Crippen molar-refractivity contribution >= 4 is 11.6 Å². The van der Waals surface area contributed by atoms with E-state index in [-0.39, 0.29) is 17.9 Å². The Morgan fingerprint density at radius 2 is 1.96 bits per heavy atom. The number of urea groups is 1. The van der Waals surface area contributed by atoms with Crippen molar-refractivity contribution in [2.45, 2.75) is 12.5 Å². The van der Waals surface area contributed by atoms with E-state index in [1.165, 1.54) is 12.1 Å². The highest BCUT2D eigenvalue weighted by Crippen LogP contribution is 2.32. The van der Waals surface area contributed by atoms with Gasteiger partial charge in [-0.3, -0.25) is 0 Å². The van der Waals surface area contributed by atoms with Gasteiger partial charge in [-0.15, -0.1) is 0 Å². The van der Waals surface area contributed by atoms with E-state index in [0.717, 1.165) is 28.9 Å². The molecule has 4 nitrogen and oxygen atoms in total. The van der Waals surface area contributed by atoms with Crippen molar-refractivity contribution in [1.29, 1.82) is 0 Å². The Balaban J connectivity index is 1.39. The lowest BCUT2D eigenvalue weighted by molar-refractivity contribution is 0.195. The van der Waals surface area contributed by atoms with Gasteiger partial charge in [0.1, 0.15) is 18.2 Å². The lowest BCUT2D eigenvalue weighted by atomic mass is 9.99. The molecule has 1 atom stereocenters. The molecule has 2 aliphatic heterocycles. The van der Waals surface area contributed by atoms with Gasteiger partial charge in [0, 0.05) is 18.7 Å². The van der Waals surface area contributed by atoms with Gasteiger partial charge < -0.3 is 15.0 Å². The molecule has 0 radical (unpaired) electrons. The first kappa shape index (κ1) is 15.7. The number of para-hydroxylation sites is 1. The first-order valence-electron chi connectivity index (χ1n) is 8.43. The summed E-state index contributed by atoms with van der Waals surface area (Å²) in [6.45, 7) is 1.66. The molecular weight excluding hydrogens is 319 g/mol. The van der Waals surface area contributed by atoms with Crippen molar-refractivity contribution in [3.05, 3.63) is 71.6 Å². The van der Waals surface area contributed by atoms with Gasteiger partial charge in [-0.05, 0) is 35.8 Å². The van der Waals surface area contributed by atoms with Gasteiger partial charge in [-0.25, -0.2) is 9.18 Å². The van der Waals surface area contributed by atoms with Gasteiger partial charge in [-0.1, -0.05) is 36.4 Å². The Labute approximate surface area is 145 Å². The van der Waals surface area contributed by atoms with E-state index in [9.17, 15) is 9.18 Å². The fraction of sp³-hybridized carbons (Fsp3) is 0.250. The molecule has 2 aliphatic rings. The van der Waals surface area contributed by atoms with Crippen LogP contribution in [-0.4, -0.2) is 30.6 Å². The number of rotatable bonds is 2. The third kappa shape index (κ3) is 3.22. The normalized spacial score (nSPS) is 19.0. The van der Waals surface area contributed by atoms with Crippen molar-refractivity contribution in [2.75, 3.05) is 19.7 Å². The maximum Gasteiger partial charge on any atom is 0.318 e. The number of hydrogen-bond donors (Lipinski definition) is 1. The third-order valence-corrected chi connectivity index (χ3v) is 4.71. The fourth-order valence-corrected chi connectivity index (χ4v) is 3.30. The highest BCUT2D eigenvalue weighted by Gasteiger charge is 2.27. The lowest BCUT2D eigenvalue weighted by Gasteiger charge is -2.28. The Morgan fingerprint density at radius 3 is 2.72 bits per heavy atom. The highest BCUT2D eigenvalue weighted by molar-refractivity contribution is 5.77. The van der Waals surface area contributed by atoms with Crippen LogP contribution in [0.4, 0.5) is 9.18 Å². The monoisotopic (exact) mass is 338 g/mol. The van der Waals surface area contributed by atoms with Gasteiger partial charge in [-0.2, -0.15) is 0 Å². The van der Waals surface area contributed by atoms with E-state index in [4.69, 9.17) is 4.74 Å². The molecule has 0 saturated carbocycles. The average molecular weight is 338 g/mol. The van der Waals surface area contributed by atoms with Crippen LogP contribution in [0.2, 0.25) is 0 Å². The molecule has 1 unspecified atom stereocenters. The van der Waals surface area contributed by atoms with Crippen LogP contribution in [-0.2, 0) is 0 Å². The second-order valence-electron chi connectivity index (χ2n) is 6.28. The molecule has 1 N–H and O–H groups in total. The lowest BCUT2D eigenvalue weighted by Crippen LogP contribution is -2.43. The van der Waals surface area contributed by atoms with Gasteiger partial charge in [0.15, 0.2) is 0 Å². The Hall–Kier alpha value is -2.82. The van der Waals surface area contributed by atoms with Crippen LogP contribution in [0.25, 0.3) is 5.57 Å². The molecule has 4 rings (SSSR count). The van der Waals surface area contributed by atoms with Crippen LogP contribution in [0.3, 0.4) is 0 Å². The number of carbonyl (C=O) groups excluding carboxylic acids is 1. The standard InChI is InChI=1S/C20H19FN2O2/c21-16-7-5-14(6-8-16)15-9-11-23(12-10-15)20(24)22-18-13-25-19-4-2-1-3-17(18)19/h1-9,18H,10-13H2,(H,22,24). The molecule has 5 heteroatoms. The minimum atomic E-state index is -0.236. The number of benzene rings is 2. The fourth-order valence-electron chi connectivity index (χ4n) is 3.30. The molecule has 0 spiro atoms. The zero-order chi connectivity index (χ0) is 17.2. The van der Waals surface area contributed by atoms with Gasteiger partial charge in [0.05, 0.1) is 6.04 Å². The number of carbonyl (C=O) groups is 1. The summed E-state index contributed by atoms with van der Waals surface area (Å²) in [7, 11) is 0. The van der Waals surface area contributed by atoms with Crippen LogP contribution in [0, 0.1) is 5.82 Å². The number of nitrogens with one attached hydrogen (secondary N) is 1. The number of halogens is 1. The molecular formula is C20H19FN2O2. The Bertz CT molecular complexity index is 817. The van der Waals surface area contributed by atoms with Crippen molar-refractivity contribution in [2.24, 2.45) is 0 Å². The quantitative estimate of drug-likeness (QED) is 0.906. The number of hydrogen-bond acceptors (Lipinski definition) is 2. The largest absolute Gasteiger partial charge is 0.491 e. The molecule has 2 aromatic carbocycles. The molecule has 0 aromatic heterocycles. The molecule has 2 aromatic rings. The molecule has 0 fully saturated rings. The molecule has 0 bridgehead atoms. The van der Waals surface area contributed by atoms with Crippen LogP contribution in [0.1, 0.15) is 23.6 Å². The van der Waals surface area contributed by atoms with E-state index in [2.05, 4.69) is 5.32 Å². The van der Waals surface area contributed by atoms with Crippen LogP contribution >= 0.6 is 0 Å². The van der Waals surface area contributed by atoms with Crippen molar-refractivity contribution in [1.82, 2.24) is 10.2 Å². The van der Waals surface area contributed by atoms with E-state index >= 15 is 0 Å². The molecule has 2 amide bonds. The minimum Gasteiger partial charge on any atom is -0.491 e. The topological polar surface area (TPSA) is 41.6 Å². The summed E-state index contributed by atoms with van der Waals surface area (Å²) in [6, 6.07) is 14.1. The van der Waals surface area contributed by atoms with Crippen LogP contribution < -0.4 is 10.1 Å². The first-order valence-corrected chi connectivity index (χ1v) is 8.43. The molecule has 25 heavy (non-hydrogen) atoms. The average Bonchev–Trinajstić information content (AvgIpc) is 3.06. The summed E-state index contributed by atoms with van der Waals surface area (Å²) >= 11 is 0. The van der Waals surface area contributed by atoms with Crippen molar-refractivity contribution < 1.29 is 13.9 Å². The zero-order valence-corrected chi connectivity index (χ0v) is 13.7. The third-order valence-electron chi connectivity index (χ3n) is 4.71. The second-order valence-corrected chi connectivity index (χ2v) is 6.28. The second kappa shape index (κ2) is 6.59. The predicted molar refractivity (Wildman–Crippen MR) is 93.8 cm³/mol. The van der Waals surface area contributed by atoms with Crippen molar-refractivity contribution in [3.8, 4) is 5.75 Å². The van der Waals surface area contributed by atoms with Crippen molar-refractivity contribution in [3.63, 3.8) is 0 Å². The molecule has 2 heterocycles. The summed E-state index contributed by atoms with van der Waals surface area (Å²) in [5.41, 5.74) is 3.19. The number of amides is 2. The summed E-state index contributed by atoms with van der Waals surface area (Å²) in [5.74, 6) is 0.602. The van der Waals surface area contributed by atoms with E-state index < -0.39 is 0 Å². The van der Waals surface area contributed by atoms with Crippen LogP contribution in [0.5, 0.6) is 5.75 Å². The maximum absolute atomic E-state index is 13.0. The smallest absolute Gasteiger partial charge is 0.318 e. The number of ether oxygens (including phenoxy) is 1. The molecule has 0 saturated heterocycles. The summed E-state index contributed by atoms with van der Waals surface area (Å²) in [6.07, 6.45) is 2.80. The Morgan fingerprint density at radius 1 is 1.16 bits per heavy atom. The van der Waals surface area contributed by atoms with Crippen LogP contribution in [0.15, 0.2) is 54.6 Å². The molecule has 0 aliphatic carbocycles. The summed E-state index contributed by atoms with van der Waals surface area (Å²) in [4.78, 5) is 14.3. The minimum absolute atomic E-state index is 0.0836.